The molecule has 2 unspecified atom stereocenters. The first kappa shape index (κ1) is 7.69. The topological polar surface area (TPSA) is 92.1 Å². The fraction of sp³-hybridized carbons (Fsp3) is 0.375. The smallest absolute Gasteiger partial charge is 0.241 e. The predicted octanol–water partition coefficient (Wildman–Crippen LogP) is -1.14. The van der Waals surface area contributed by atoms with Crippen LogP contribution in [0.15, 0.2) is 12.4 Å². The highest BCUT2D eigenvalue weighted by atomic mass is 16.2. The molecule has 2 amide bonds. The molecular formula is C8H8N4O2. The van der Waals surface area contributed by atoms with E-state index in [0.29, 0.717) is 5.95 Å². The molecule has 0 radical (unpaired) electrons. The second kappa shape index (κ2) is 2.21. The van der Waals surface area contributed by atoms with Crippen LogP contribution in [0.5, 0.6) is 0 Å². The third-order valence-electron chi connectivity index (χ3n) is 2.78. The van der Waals surface area contributed by atoms with Crippen molar-refractivity contribution in [2.75, 3.05) is 4.90 Å². The van der Waals surface area contributed by atoms with Gasteiger partial charge in [0.05, 0.1) is 11.8 Å². The van der Waals surface area contributed by atoms with E-state index < -0.39 is 0 Å². The Labute approximate surface area is 79.1 Å². The maximum Gasteiger partial charge on any atom is 0.241 e. The van der Waals surface area contributed by atoms with Gasteiger partial charge in [0.25, 0.3) is 0 Å². The molecule has 6 heteroatoms. The van der Waals surface area contributed by atoms with Crippen molar-refractivity contribution in [2.45, 2.75) is 6.04 Å². The van der Waals surface area contributed by atoms with Crippen molar-refractivity contribution >= 4 is 17.8 Å². The Hall–Kier alpha value is -1.69. The van der Waals surface area contributed by atoms with Gasteiger partial charge in [-0.25, -0.2) is 9.88 Å². The van der Waals surface area contributed by atoms with E-state index in [1.54, 1.807) is 6.20 Å². The van der Waals surface area contributed by atoms with Crippen LogP contribution in [0.25, 0.3) is 0 Å². The average Bonchev–Trinajstić information content (AvgIpc) is 2.55. The van der Waals surface area contributed by atoms with E-state index in [9.17, 15) is 9.59 Å². The first-order valence-electron chi connectivity index (χ1n) is 4.34. The van der Waals surface area contributed by atoms with E-state index in [1.807, 2.05) is 0 Å². The molecule has 1 aromatic heterocycles. The number of rotatable bonds is 1. The summed E-state index contributed by atoms with van der Waals surface area (Å²) >= 11 is 0. The van der Waals surface area contributed by atoms with Gasteiger partial charge in [-0.05, 0) is 0 Å². The van der Waals surface area contributed by atoms with Crippen LogP contribution in [0.2, 0.25) is 0 Å². The van der Waals surface area contributed by atoms with Gasteiger partial charge in [-0.1, -0.05) is 0 Å². The molecule has 1 aliphatic heterocycles. The summed E-state index contributed by atoms with van der Waals surface area (Å²) in [7, 11) is 0. The quantitative estimate of drug-likeness (QED) is 0.550. The molecule has 0 aromatic carbocycles. The Morgan fingerprint density at radius 3 is 2.50 bits per heavy atom. The Balaban J connectivity index is 1.98. The molecule has 1 aromatic rings. The van der Waals surface area contributed by atoms with Crippen LogP contribution >= 0.6 is 0 Å². The lowest BCUT2D eigenvalue weighted by molar-refractivity contribution is -0.123. The molecule has 0 bridgehead atoms. The molecule has 6 nitrogen and oxygen atoms in total. The number of carbonyl (C=O) groups excluding carboxylic acids is 2. The second-order valence-corrected chi connectivity index (χ2v) is 3.55. The minimum atomic E-state index is -0.312. The lowest BCUT2D eigenvalue weighted by Gasteiger charge is -2.13. The van der Waals surface area contributed by atoms with E-state index in [4.69, 9.17) is 5.73 Å². The fourth-order valence-corrected chi connectivity index (χ4v) is 1.97. The number of amides is 2. The zero-order valence-corrected chi connectivity index (χ0v) is 7.18. The van der Waals surface area contributed by atoms with Crippen molar-refractivity contribution in [1.82, 2.24) is 9.97 Å². The van der Waals surface area contributed by atoms with Crippen LogP contribution in [0.1, 0.15) is 0 Å². The molecular weight excluding hydrogens is 184 g/mol. The molecule has 3 N–H and O–H groups in total. The number of nitrogens with one attached hydrogen (secondary N) is 1. The summed E-state index contributed by atoms with van der Waals surface area (Å²) < 4.78 is 0. The summed E-state index contributed by atoms with van der Waals surface area (Å²) in [5, 5.41) is 0. The molecule has 1 saturated heterocycles. The number of hydrogen-bond acceptors (Lipinski definition) is 4. The molecule has 14 heavy (non-hydrogen) atoms. The van der Waals surface area contributed by atoms with E-state index in [0.717, 1.165) is 4.90 Å². The van der Waals surface area contributed by atoms with Gasteiger partial charge < -0.3 is 10.7 Å². The van der Waals surface area contributed by atoms with Gasteiger partial charge >= 0.3 is 0 Å². The molecule has 1 saturated carbocycles. The van der Waals surface area contributed by atoms with Gasteiger partial charge in [0.1, 0.15) is 0 Å². The maximum absolute atomic E-state index is 11.6. The van der Waals surface area contributed by atoms with Crippen LogP contribution in [0, 0.1) is 11.8 Å². The highest BCUT2D eigenvalue weighted by Gasteiger charge is 2.66. The number of imide groups is 1. The minimum Gasteiger partial charge on any atom is -0.330 e. The summed E-state index contributed by atoms with van der Waals surface area (Å²) in [6.45, 7) is 0. The summed E-state index contributed by atoms with van der Waals surface area (Å²) in [6.07, 6.45) is 3.07. The molecule has 2 atom stereocenters. The number of fused-ring (bicyclic) bond motifs is 1. The van der Waals surface area contributed by atoms with E-state index in [-0.39, 0.29) is 29.7 Å². The van der Waals surface area contributed by atoms with Crippen molar-refractivity contribution in [3.8, 4) is 0 Å². The lowest BCUT2D eigenvalue weighted by atomic mass is 10.4. The summed E-state index contributed by atoms with van der Waals surface area (Å²) in [6, 6.07) is -0.277. The van der Waals surface area contributed by atoms with Crippen LogP contribution in [-0.2, 0) is 9.59 Å². The zero-order valence-electron chi connectivity index (χ0n) is 7.18. The van der Waals surface area contributed by atoms with Gasteiger partial charge in [-0.3, -0.25) is 9.59 Å². The average molecular weight is 192 g/mol. The van der Waals surface area contributed by atoms with Gasteiger partial charge in [0.2, 0.25) is 17.8 Å². The number of H-pyrrole nitrogens is 1. The van der Waals surface area contributed by atoms with Gasteiger partial charge in [-0.15, -0.1) is 0 Å². The largest absolute Gasteiger partial charge is 0.330 e. The number of anilines is 1. The summed E-state index contributed by atoms with van der Waals surface area (Å²) in [5.41, 5.74) is 5.57. The highest BCUT2D eigenvalue weighted by Crippen LogP contribution is 2.46. The summed E-state index contributed by atoms with van der Waals surface area (Å²) in [4.78, 5) is 30.9. The van der Waals surface area contributed by atoms with Crippen molar-refractivity contribution in [2.24, 2.45) is 17.6 Å². The first-order chi connectivity index (χ1) is 6.72. The molecule has 0 spiro atoms. The van der Waals surface area contributed by atoms with Crippen molar-refractivity contribution in [1.29, 1.82) is 0 Å². The SMILES string of the molecule is NC1C2C(=O)N(c3ncc[nH]3)C(=O)C12. The molecule has 2 aliphatic rings. The first-order valence-corrected chi connectivity index (χ1v) is 4.34. The van der Waals surface area contributed by atoms with Crippen molar-refractivity contribution in [3.63, 3.8) is 0 Å². The number of hydrogen-bond donors (Lipinski definition) is 2. The third-order valence-corrected chi connectivity index (χ3v) is 2.78. The van der Waals surface area contributed by atoms with Crippen molar-refractivity contribution in [3.05, 3.63) is 12.4 Å². The number of carbonyl (C=O) groups is 2. The molecule has 3 rings (SSSR count). The Morgan fingerprint density at radius 1 is 1.36 bits per heavy atom. The third kappa shape index (κ3) is 0.717. The van der Waals surface area contributed by atoms with Crippen LogP contribution in [-0.4, -0.2) is 27.8 Å². The van der Waals surface area contributed by atoms with Gasteiger partial charge in [0.15, 0.2) is 0 Å². The maximum atomic E-state index is 11.6. The lowest BCUT2D eigenvalue weighted by Crippen LogP contribution is -2.38. The fourth-order valence-electron chi connectivity index (χ4n) is 1.97. The molecule has 1 aliphatic carbocycles. The molecule has 2 fully saturated rings. The van der Waals surface area contributed by atoms with E-state index in [1.165, 1.54) is 6.20 Å². The van der Waals surface area contributed by atoms with Crippen LogP contribution in [0.4, 0.5) is 5.95 Å². The number of imidazole rings is 1. The van der Waals surface area contributed by atoms with Gasteiger partial charge in [-0.2, -0.15) is 0 Å². The normalized spacial score (nSPS) is 34.9. The number of piperidine rings is 1. The molecule has 2 heterocycles. The zero-order chi connectivity index (χ0) is 9.87. The molecule has 72 valence electrons. The van der Waals surface area contributed by atoms with E-state index >= 15 is 0 Å². The van der Waals surface area contributed by atoms with Crippen LogP contribution in [0.3, 0.4) is 0 Å². The van der Waals surface area contributed by atoms with E-state index in [2.05, 4.69) is 9.97 Å². The number of nitrogens with two attached hydrogens (primary N) is 1. The number of aromatic nitrogens is 2. The number of nitrogens with zero attached hydrogens (tertiary/aromatic N) is 2. The second-order valence-electron chi connectivity index (χ2n) is 3.55. The van der Waals surface area contributed by atoms with Crippen molar-refractivity contribution < 1.29 is 9.59 Å². The minimum absolute atomic E-state index is 0.234. The Kier molecular flexibility index (Phi) is 1.22. The highest BCUT2D eigenvalue weighted by molar-refractivity contribution is 6.24. The Morgan fingerprint density at radius 2 is 2.00 bits per heavy atom. The monoisotopic (exact) mass is 192 g/mol. The predicted molar refractivity (Wildman–Crippen MR) is 46.0 cm³/mol. The van der Waals surface area contributed by atoms with Crippen LogP contribution < -0.4 is 10.6 Å². The summed E-state index contributed by atoms with van der Waals surface area (Å²) in [5.74, 6) is -0.801. The Bertz CT molecular complexity index is 391. The standard InChI is InChI=1S/C8H8N4O2/c9-5-3-4(5)7(14)12(6(3)13)8-10-1-2-11-8/h1-5H,9H2,(H,10,11). The number of aromatic amines is 1. The van der Waals surface area contributed by atoms with Gasteiger partial charge in [0, 0.05) is 18.4 Å².